The topological polar surface area (TPSA) is 54.9 Å². The molecule has 4 nitrogen and oxygen atoms in total. The Labute approximate surface area is 127 Å². The van der Waals surface area contributed by atoms with Crippen molar-refractivity contribution in [3.05, 3.63) is 29.8 Å². The third-order valence-electron chi connectivity index (χ3n) is 2.45. The number of amides is 1. The van der Waals surface area contributed by atoms with Crippen molar-refractivity contribution in [1.29, 1.82) is 0 Å². The van der Waals surface area contributed by atoms with Crippen LogP contribution < -0.4 is 5.32 Å². The molecule has 1 N–H and O–H groups in total. The number of hydrogen-bond acceptors (Lipinski definition) is 5. The molecular weight excluding hydrogens is 290 g/mol. The summed E-state index contributed by atoms with van der Waals surface area (Å²) in [4.78, 5) is 21.4. The molecule has 2 aromatic heterocycles. The van der Waals surface area contributed by atoms with Gasteiger partial charge in [0.1, 0.15) is 0 Å². The number of aromatic nitrogens is 2. The fraction of sp³-hybridized carbons (Fsp3) is 0.357. The molecule has 0 atom stereocenters. The Hall–Kier alpha value is -1.40. The average Bonchev–Trinajstić information content (AvgIpc) is 2.97. The molecule has 0 unspecified atom stereocenters. The van der Waals surface area contributed by atoms with E-state index in [-0.39, 0.29) is 5.91 Å². The van der Waals surface area contributed by atoms with Crippen LogP contribution >= 0.6 is 23.1 Å². The monoisotopic (exact) mass is 307 g/mol. The van der Waals surface area contributed by atoms with Gasteiger partial charge in [0.15, 0.2) is 5.16 Å². The first kappa shape index (κ1) is 15.0. The SMILES string of the molecule is CC(C)CNC(=O)CSc1nccc(-c2cccs2)n1. The zero-order chi connectivity index (χ0) is 14.4. The van der Waals surface area contributed by atoms with Crippen molar-refractivity contribution in [3.63, 3.8) is 0 Å². The summed E-state index contributed by atoms with van der Waals surface area (Å²) in [6.45, 7) is 4.84. The van der Waals surface area contributed by atoms with Crippen molar-refractivity contribution in [2.75, 3.05) is 12.3 Å². The molecule has 0 aliphatic carbocycles. The first-order chi connectivity index (χ1) is 9.65. The van der Waals surface area contributed by atoms with Gasteiger partial charge in [-0.25, -0.2) is 9.97 Å². The highest BCUT2D eigenvalue weighted by molar-refractivity contribution is 7.99. The zero-order valence-electron chi connectivity index (χ0n) is 11.5. The van der Waals surface area contributed by atoms with Crippen LogP contribution in [-0.4, -0.2) is 28.2 Å². The van der Waals surface area contributed by atoms with Crippen LogP contribution in [0.15, 0.2) is 34.9 Å². The third kappa shape index (κ3) is 4.61. The van der Waals surface area contributed by atoms with Gasteiger partial charge in [-0.2, -0.15) is 0 Å². The fourth-order valence-corrected chi connectivity index (χ4v) is 2.83. The molecule has 6 heteroatoms. The van der Waals surface area contributed by atoms with E-state index in [0.29, 0.717) is 23.4 Å². The number of carbonyl (C=O) groups excluding carboxylic acids is 1. The summed E-state index contributed by atoms with van der Waals surface area (Å²) in [5.41, 5.74) is 0.903. The number of nitrogens with zero attached hydrogens (tertiary/aromatic N) is 2. The predicted molar refractivity (Wildman–Crippen MR) is 83.9 cm³/mol. The van der Waals surface area contributed by atoms with Crippen molar-refractivity contribution >= 4 is 29.0 Å². The van der Waals surface area contributed by atoms with Gasteiger partial charge in [-0.05, 0) is 23.4 Å². The Morgan fingerprint density at radius 3 is 3.00 bits per heavy atom. The van der Waals surface area contributed by atoms with Gasteiger partial charge in [-0.1, -0.05) is 31.7 Å². The van der Waals surface area contributed by atoms with Crippen molar-refractivity contribution in [2.24, 2.45) is 5.92 Å². The maximum Gasteiger partial charge on any atom is 0.230 e. The molecule has 0 aromatic carbocycles. The first-order valence-corrected chi connectivity index (χ1v) is 8.28. The number of thiophene rings is 1. The molecule has 0 aliphatic rings. The molecule has 2 rings (SSSR count). The van der Waals surface area contributed by atoms with Crippen molar-refractivity contribution in [3.8, 4) is 10.6 Å². The molecule has 2 heterocycles. The van der Waals surface area contributed by atoms with E-state index in [2.05, 4.69) is 29.1 Å². The standard InChI is InChI=1S/C14H17N3OS2/c1-10(2)8-16-13(18)9-20-14-15-6-5-11(17-14)12-4-3-7-19-12/h3-7,10H,8-9H2,1-2H3,(H,16,18). The molecular formula is C14H17N3OS2. The minimum atomic E-state index is 0.0221. The predicted octanol–water partition coefficient (Wildman–Crippen LogP) is 3.07. The largest absolute Gasteiger partial charge is 0.355 e. The van der Waals surface area contributed by atoms with E-state index >= 15 is 0 Å². The summed E-state index contributed by atoms with van der Waals surface area (Å²) in [6, 6.07) is 5.90. The molecule has 0 fully saturated rings. The lowest BCUT2D eigenvalue weighted by atomic mass is 10.2. The van der Waals surface area contributed by atoms with Gasteiger partial charge in [0.2, 0.25) is 5.91 Å². The lowest BCUT2D eigenvalue weighted by Gasteiger charge is -2.07. The van der Waals surface area contributed by atoms with E-state index in [4.69, 9.17) is 0 Å². The molecule has 0 radical (unpaired) electrons. The minimum Gasteiger partial charge on any atom is -0.355 e. The Morgan fingerprint density at radius 1 is 1.45 bits per heavy atom. The molecule has 1 amide bonds. The number of nitrogens with one attached hydrogen (secondary N) is 1. The van der Waals surface area contributed by atoms with Gasteiger partial charge in [0, 0.05) is 12.7 Å². The maximum absolute atomic E-state index is 11.6. The van der Waals surface area contributed by atoms with Gasteiger partial charge >= 0.3 is 0 Å². The van der Waals surface area contributed by atoms with Gasteiger partial charge in [-0.3, -0.25) is 4.79 Å². The van der Waals surface area contributed by atoms with Crippen molar-refractivity contribution < 1.29 is 4.79 Å². The van der Waals surface area contributed by atoms with Crippen LogP contribution in [0.25, 0.3) is 10.6 Å². The Balaban J connectivity index is 1.90. The second-order valence-electron chi connectivity index (χ2n) is 4.69. The number of hydrogen-bond donors (Lipinski definition) is 1. The van der Waals surface area contributed by atoms with Gasteiger partial charge in [0.05, 0.1) is 16.3 Å². The van der Waals surface area contributed by atoms with E-state index in [1.807, 2.05) is 23.6 Å². The molecule has 0 bridgehead atoms. The lowest BCUT2D eigenvalue weighted by molar-refractivity contribution is -0.118. The Morgan fingerprint density at radius 2 is 2.30 bits per heavy atom. The lowest BCUT2D eigenvalue weighted by Crippen LogP contribution is -2.28. The van der Waals surface area contributed by atoms with Crippen LogP contribution in [-0.2, 0) is 4.79 Å². The molecule has 0 spiro atoms. The second-order valence-corrected chi connectivity index (χ2v) is 6.58. The van der Waals surface area contributed by atoms with E-state index in [0.717, 1.165) is 10.6 Å². The average molecular weight is 307 g/mol. The van der Waals surface area contributed by atoms with Gasteiger partial charge in [-0.15, -0.1) is 11.3 Å². The smallest absolute Gasteiger partial charge is 0.230 e. The third-order valence-corrected chi connectivity index (χ3v) is 4.20. The zero-order valence-corrected chi connectivity index (χ0v) is 13.1. The molecule has 20 heavy (non-hydrogen) atoms. The summed E-state index contributed by atoms with van der Waals surface area (Å²) in [6.07, 6.45) is 1.73. The number of thioether (sulfide) groups is 1. The highest BCUT2D eigenvalue weighted by Gasteiger charge is 2.07. The van der Waals surface area contributed by atoms with Gasteiger partial charge < -0.3 is 5.32 Å². The molecule has 0 saturated heterocycles. The van der Waals surface area contributed by atoms with E-state index in [1.54, 1.807) is 17.5 Å². The second kappa shape index (κ2) is 7.40. The molecule has 0 aliphatic heterocycles. The first-order valence-electron chi connectivity index (χ1n) is 6.41. The van der Waals surface area contributed by atoms with E-state index in [1.165, 1.54) is 11.8 Å². The van der Waals surface area contributed by atoms with Crippen LogP contribution in [0, 0.1) is 5.92 Å². The van der Waals surface area contributed by atoms with Crippen LogP contribution in [0.1, 0.15) is 13.8 Å². The van der Waals surface area contributed by atoms with Crippen LogP contribution in [0.5, 0.6) is 0 Å². The highest BCUT2D eigenvalue weighted by Crippen LogP contribution is 2.24. The summed E-state index contributed by atoms with van der Waals surface area (Å²) in [5.74, 6) is 0.830. The summed E-state index contributed by atoms with van der Waals surface area (Å²) >= 11 is 3.00. The van der Waals surface area contributed by atoms with Crippen molar-refractivity contribution in [1.82, 2.24) is 15.3 Å². The van der Waals surface area contributed by atoms with Crippen LogP contribution in [0.3, 0.4) is 0 Å². The molecule has 0 saturated carbocycles. The summed E-state index contributed by atoms with van der Waals surface area (Å²) in [7, 11) is 0. The van der Waals surface area contributed by atoms with Crippen LogP contribution in [0.4, 0.5) is 0 Å². The fourth-order valence-electron chi connectivity index (χ4n) is 1.47. The van der Waals surface area contributed by atoms with Crippen LogP contribution in [0.2, 0.25) is 0 Å². The Kier molecular flexibility index (Phi) is 5.55. The molecule has 106 valence electrons. The number of carbonyl (C=O) groups is 1. The summed E-state index contributed by atoms with van der Waals surface area (Å²) in [5, 5.41) is 5.53. The molecule has 2 aromatic rings. The quantitative estimate of drug-likeness (QED) is 0.658. The normalized spacial score (nSPS) is 10.8. The van der Waals surface area contributed by atoms with Crippen molar-refractivity contribution in [2.45, 2.75) is 19.0 Å². The highest BCUT2D eigenvalue weighted by atomic mass is 32.2. The Bertz CT molecular complexity index is 555. The summed E-state index contributed by atoms with van der Waals surface area (Å²) < 4.78 is 0. The minimum absolute atomic E-state index is 0.0221. The van der Waals surface area contributed by atoms with Gasteiger partial charge in [0.25, 0.3) is 0 Å². The van der Waals surface area contributed by atoms with E-state index in [9.17, 15) is 4.79 Å². The van der Waals surface area contributed by atoms with E-state index < -0.39 is 0 Å². The maximum atomic E-state index is 11.6. The number of rotatable bonds is 6.